The molecule has 8 heteroatoms. The van der Waals surface area contributed by atoms with Crippen LogP contribution in [0.15, 0.2) is 51.8 Å². The van der Waals surface area contributed by atoms with Crippen LogP contribution in [0.1, 0.15) is 16.7 Å². The van der Waals surface area contributed by atoms with Crippen LogP contribution >= 0.6 is 0 Å². The molecule has 25 heavy (non-hydrogen) atoms. The highest BCUT2D eigenvalue weighted by molar-refractivity contribution is 7.90. The maximum Gasteiger partial charge on any atom is 0.340 e. The van der Waals surface area contributed by atoms with Crippen molar-refractivity contribution in [3.05, 3.63) is 69.7 Å². The molecule has 0 aliphatic heterocycles. The minimum absolute atomic E-state index is 0.176. The van der Waals surface area contributed by atoms with Gasteiger partial charge in [-0.1, -0.05) is 18.2 Å². The van der Waals surface area contributed by atoms with E-state index in [2.05, 4.69) is 14.4 Å². The quantitative estimate of drug-likeness (QED) is 0.678. The van der Waals surface area contributed by atoms with Crippen molar-refractivity contribution >= 4 is 27.0 Å². The van der Waals surface area contributed by atoms with Crippen molar-refractivity contribution in [1.29, 1.82) is 0 Å². The minimum atomic E-state index is -3.65. The molecule has 0 spiro atoms. The van der Waals surface area contributed by atoms with Gasteiger partial charge in [-0.05, 0) is 36.2 Å². The third-order valence-corrected chi connectivity index (χ3v) is 4.92. The van der Waals surface area contributed by atoms with Crippen molar-refractivity contribution in [2.75, 3.05) is 11.8 Å². The second-order valence-corrected chi connectivity index (χ2v) is 7.14. The van der Waals surface area contributed by atoms with Crippen LogP contribution in [0.4, 0.5) is 5.82 Å². The molecule has 0 radical (unpaired) electrons. The maximum atomic E-state index is 12.3. The fourth-order valence-corrected chi connectivity index (χ4v) is 3.07. The van der Waals surface area contributed by atoms with Crippen LogP contribution in [0.2, 0.25) is 0 Å². The summed E-state index contributed by atoms with van der Waals surface area (Å²) in [6, 6.07) is 10.7. The summed E-state index contributed by atoms with van der Waals surface area (Å²) in [6.07, 6.45) is 1.80. The van der Waals surface area contributed by atoms with E-state index in [0.717, 1.165) is 16.5 Å². The van der Waals surface area contributed by atoms with Gasteiger partial charge in [-0.2, -0.15) is 8.42 Å². The molecular formula is C17H17N3O4S. The summed E-state index contributed by atoms with van der Waals surface area (Å²) in [5, 5.41) is 0.877. The number of fused-ring (bicyclic) bond motifs is 1. The number of nitrogens with zero attached hydrogens (tertiary/aromatic N) is 1. The highest BCUT2D eigenvalue weighted by Crippen LogP contribution is 2.21. The number of anilines is 1. The summed E-state index contributed by atoms with van der Waals surface area (Å²) in [5.74, 6) is 0.176. The summed E-state index contributed by atoms with van der Waals surface area (Å²) in [4.78, 5) is 16.3. The van der Waals surface area contributed by atoms with Gasteiger partial charge in [0.25, 0.3) is 10.2 Å². The Morgan fingerprint density at radius 1 is 1.20 bits per heavy atom. The number of rotatable bonds is 5. The van der Waals surface area contributed by atoms with Gasteiger partial charge in [-0.15, -0.1) is 0 Å². The Bertz CT molecular complexity index is 1090. The Labute approximate surface area is 144 Å². The van der Waals surface area contributed by atoms with Crippen LogP contribution in [-0.2, 0) is 16.6 Å². The maximum absolute atomic E-state index is 12.3. The topological polar surface area (TPSA) is 101 Å². The van der Waals surface area contributed by atoms with E-state index >= 15 is 0 Å². The van der Waals surface area contributed by atoms with Crippen LogP contribution in [0.3, 0.4) is 0 Å². The van der Waals surface area contributed by atoms with Gasteiger partial charge in [0, 0.05) is 30.6 Å². The number of benzene rings is 1. The molecule has 0 saturated carbocycles. The zero-order valence-corrected chi connectivity index (χ0v) is 14.6. The first-order valence-electron chi connectivity index (χ1n) is 7.57. The second-order valence-electron chi connectivity index (χ2n) is 5.52. The number of para-hydroxylation sites is 1. The lowest BCUT2D eigenvalue weighted by molar-refractivity contribution is 0.551. The molecule has 1 aromatic carbocycles. The van der Waals surface area contributed by atoms with Crippen LogP contribution in [-0.4, -0.2) is 20.4 Å². The van der Waals surface area contributed by atoms with Crippen LogP contribution in [0, 0.1) is 6.92 Å². The van der Waals surface area contributed by atoms with Crippen LogP contribution < -0.4 is 15.1 Å². The molecular weight excluding hydrogens is 342 g/mol. The van der Waals surface area contributed by atoms with Gasteiger partial charge in [-0.25, -0.2) is 14.5 Å². The zero-order valence-electron chi connectivity index (χ0n) is 13.7. The minimum Gasteiger partial charge on any atom is -0.423 e. The zero-order chi connectivity index (χ0) is 18.0. The number of hydrogen-bond acceptors (Lipinski definition) is 5. The molecule has 0 saturated heterocycles. The van der Waals surface area contributed by atoms with E-state index in [9.17, 15) is 13.2 Å². The highest BCUT2D eigenvalue weighted by Gasteiger charge is 2.13. The molecule has 0 atom stereocenters. The van der Waals surface area contributed by atoms with E-state index in [0.29, 0.717) is 17.6 Å². The number of aromatic nitrogens is 1. The van der Waals surface area contributed by atoms with E-state index in [1.165, 1.54) is 13.2 Å². The van der Waals surface area contributed by atoms with Gasteiger partial charge in [0.05, 0.1) is 0 Å². The Kier molecular flexibility index (Phi) is 4.56. The van der Waals surface area contributed by atoms with E-state index in [1.807, 2.05) is 25.1 Å². The normalized spacial score (nSPS) is 11.6. The van der Waals surface area contributed by atoms with Crippen molar-refractivity contribution in [3.8, 4) is 0 Å². The Hall–Kier alpha value is -2.71. The summed E-state index contributed by atoms with van der Waals surface area (Å²) >= 11 is 0. The third kappa shape index (κ3) is 3.70. The largest absolute Gasteiger partial charge is 0.423 e. The van der Waals surface area contributed by atoms with Gasteiger partial charge in [0.15, 0.2) is 0 Å². The second kappa shape index (κ2) is 6.66. The lowest BCUT2D eigenvalue weighted by Crippen LogP contribution is -2.26. The van der Waals surface area contributed by atoms with Crippen molar-refractivity contribution in [2.24, 2.45) is 0 Å². The number of pyridine rings is 1. The highest BCUT2D eigenvalue weighted by atomic mass is 32.2. The van der Waals surface area contributed by atoms with Crippen molar-refractivity contribution < 1.29 is 12.8 Å². The van der Waals surface area contributed by atoms with Crippen molar-refractivity contribution in [3.63, 3.8) is 0 Å². The van der Waals surface area contributed by atoms with E-state index in [1.54, 1.807) is 18.2 Å². The number of hydrogen-bond donors (Lipinski definition) is 2. The summed E-state index contributed by atoms with van der Waals surface area (Å²) in [5.41, 5.74) is 2.28. The van der Waals surface area contributed by atoms with Gasteiger partial charge >= 0.3 is 5.63 Å². The van der Waals surface area contributed by atoms with E-state index < -0.39 is 15.8 Å². The molecule has 0 aliphatic carbocycles. The van der Waals surface area contributed by atoms with Crippen molar-refractivity contribution in [1.82, 2.24) is 9.71 Å². The molecule has 0 bridgehead atoms. The average Bonchev–Trinajstić information content (AvgIpc) is 2.58. The fraction of sp³-hybridized carbons (Fsp3) is 0.176. The van der Waals surface area contributed by atoms with E-state index in [-0.39, 0.29) is 5.82 Å². The van der Waals surface area contributed by atoms with Crippen molar-refractivity contribution in [2.45, 2.75) is 13.3 Å². The first kappa shape index (κ1) is 17.1. The number of nitrogens with one attached hydrogen (secondary N) is 2. The summed E-state index contributed by atoms with van der Waals surface area (Å²) in [6.45, 7) is 1.88. The molecule has 130 valence electrons. The Morgan fingerprint density at radius 3 is 2.72 bits per heavy atom. The number of aryl methyl sites for hydroxylation is 1. The first-order valence-corrected chi connectivity index (χ1v) is 9.05. The van der Waals surface area contributed by atoms with Crippen LogP contribution in [0.25, 0.3) is 11.0 Å². The molecule has 7 nitrogen and oxygen atoms in total. The molecule has 3 aromatic rings. The summed E-state index contributed by atoms with van der Waals surface area (Å²) < 4.78 is 33.0. The molecule has 2 aromatic heterocycles. The summed E-state index contributed by atoms with van der Waals surface area (Å²) in [7, 11) is -2.35. The van der Waals surface area contributed by atoms with Gasteiger partial charge in [-0.3, -0.25) is 4.72 Å². The fourth-order valence-electron chi connectivity index (χ4n) is 2.58. The molecule has 0 unspecified atom stereocenters. The Morgan fingerprint density at radius 2 is 1.96 bits per heavy atom. The van der Waals surface area contributed by atoms with E-state index in [4.69, 9.17) is 4.42 Å². The molecule has 2 heterocycles. The standard InChI is InChI=1S/C17H17N3O4S/c1-11-13-5-3-4-6-15(13)24-17(21)14(11)9-12-7-8-19-16(10-12)20-25(22,23)18-2/h3-8,10,18H,9H2,1-2H3,(H,19,20). The molecule has 0 aliphatic rings. The molecule has 0 fully saturated rings. The average molecular weight is 359 g/mol. The van der Waals surface area contributed by atoms with Gasteiger partial charge in [0.1, 0.15) is 11.4 Å². The molecule has 3 rings (SSSR count). The smallest absolute Gasteiger partial charge is 0.340 e. The molecule has 0 amide bonds. The SMILES string of the molecule is CNS(=O)(=O)Nc1cc(Cc2c(C)c3ccccc3oc2=O)ccn1. The monoisotopic (exact) mass is 359 g/mol. The predicted molar refractivity (Wildman–Crippen MR) is 95.9 cm³/mol. The predicted octanol–water partition coefficient (Wildman–Crippen LogP) is 1.96. The third-order valence-electron chi connectivity index (χ3n) is 3.91. The first-order chi connectivity index (χ1) is 11.9. The van der Waals surface area contributed by atoms with Crippen LogP contribution in [0.5, 0.6) is 0 Å². The Balaban J connectivity index is 1.98. The lowest BCUT2D eigenvalue weighted by atomic mass is 10.0. The van der Waals surface area contributed by atoms with Gasteiger partial charge < -0.3 is 4.42 Å². The molecule has 2 N–H and O–H groups in total. The lowest BCUT2D eigenvalue weighted by Gasteiger charge is -2.09. The van der Waals surface area contributed by atoms with Gasteiger partial charge in [0.2, 0.25) is 0 Å².